The molecular weight excluding hydrogens is 249 g/mol. The van der Waals surface area contributed by atoms with Crippen LogP contribution in [0.15, 0.2) is 35.4 Å². The molecule has 1 aromatic carbocycles. The number of aryl methyl sites for hydroxylation is 2. The predicted octanol–water partition coefficient (Wildman–Crippen LogP) is 1.38. The molecule has 1 aromatic heterocycles. The Bertz CT molecular complexity index is 628. The Morgan fingerprint density at radius 2 is 2.00 bits per heavy atom. The Morgan fingerprint density at radius 1 is 1.32 bits per heavy atom. The van der Waals surface area contributed by atoms with Gasteiger partial charge in [0.2, 0.25) is 0 Å². The smallest absolute Gasteiger partial charge is 0.294 e. The molecule has 2 rings (SSSR count). The van der Waals surface area contributed by atoms with Gasteiger partial charge < -0.3 is 0 Å². The number of aromatic nitrogens is 3. The molecule has 1 heterocycles. The van der Waals surface area contributed by atoms with Gasteiger partial charge in [0.1, 0.15) is 12.1 Å². The van der Waals surface area contributed by atoms with Crippen LogP contribution < -0.4 is 5.69 Å². The first kappa shape index (κ1) is 13.2. The molecule has 0 amide bonds. The van der Waals surface area contributed by atoms with E-state index < -0.39 is 0 Å². The zero-order chi connectivity index (χ0) is 13.8. The molecule has 0 unspecified atom stereocenters. The molecule has 5 nitrogen and oxygen atoms in total. The lowest BCUT2D eigenvalue weighted by atomic mass is 10.1. The quantitative estimate of drug-likeness (QED) is 0.766. The van der Waals surface area contributed by atoms with E-state index in [-0.39, 0.29) is 17.3 Å². The normalized spacial score (nSPS) is 10.6. The van der Waals surface area contributed by atoms with Crippen LogP contribution in [-0.4, -0.2) is 20.1 Å². The fourth-order valence-corrected chi connectivity index (χ4v) is 1.74. The number of benzene rings is 1. The number of rotatable bonds is 5. The average Bonchev–Trinajstić information content (AvgIpc) is 2.71. The highest BCUT2D eigenvalue weighted by molar-refractivity contribution is 5.95. The molecule has 100 valence electrons. The summed E-state index contributed by atoms with van der Waals surface area (Å²) in [6, 6.07) is 5.45. The molecule has 0 spiro atoms. The van der Waals surface area contributed by atoms with E-state index in [2.05, 4.69) is 5.10 Å². The van der Waals surface area contributed by atoms with Gasteiger partial charge >= 0.3 is 5.69 Å². The largest absolute Gasteiger partial charge is 0.345 e. The molecule has 0 bridgehead atoms. The Kier molecular flexibility index (Phi) is 3.89. The lowest BCUT2D eigenvalue weighted by Gasteiger charge is -2.01. The van der Waals surface area contributed by atoms with Crippen LogP contribution in [0, 0.1) is 5.82 Å². The molecule has 0 saturated heterocycles. The van der Waals surface area contributed by atoms with Gasteiger partial charge in [-0.3, -0.25) is 9.36 Å². The number of carbonyl (C=O) groups excluding carboxylic acids is 1. The van der Waals surface area contributed by atoms with Gasteiger partial charge in [-0.25, -0.2) is 13.9 Å². The third-order valence-electron chi connectivity index (χ3n) is 2.83. The van der Waals surface area contributed by atoms with Crippen molar-refractivity contribution in [3.8, 4) is 0 Å². The lowest BCUT2D eigenvalue weighted by Crippen LogP contribution is -2.23. The van der Waals surface area contributed by atoms with Crippen LogP contribution in [0.25, 0.3) is 0 Å². The Labute approximate surface area is 109 Å². The highest BCUT2D eigenvalue weighted by Gasteiger charge is 2.07. The van der Waals surface area contributed by atoms with E-state index in [1.165, 1.54) is 39.8 Å². The van der Waals surface area contributed by atoms with E-state index >= 15 is 0 Å². The molecule has 0 atom stereocenters. The minimum absolute atomic E-state index is 0.0658. The summed E-state index contributed by atoms with van der Waals surface area (Å²) in [4.78, 5) is 23.3. The minimum Gasteiger partial charge on any atom is -0.294 e. The van der Waals surface area contributed by atoms with Gasteiger partial charge in [0, 0.05) is 25.6 Å². The van der Waals surface area contributed by atoms with Crippen LogP contribution >= 0.6 is 0 Å². The third-order valence-corrected chi connectivity index (χ3v) is 2.83. The highest BCUT2D eigenvalue weighted by atomic mass is 19.1. The zero-order valence-corrected chi connectivity index (χ0v) is 10.5. The molecule has 0 saturated carbocycles. The standard InChI is InChI=1S/C13H14FN3O2/c1-16-9-15-17(13(16)19)8-2-3-12(18)10-4-6-11(14)7-5-10/h4-7,9H,2-3,8H2,1H3. The number of hydrogen-bond donors (Lipinski definition) is 0. The molecular formula is C13H14FN3O2. The van der Waals surface area contributed by atoms with Crippen molar-refractivity contribution in [2.45, 2.75) is 19.4 Å². The van der Waals surface area contributed by atoms with Crippen LogP contribution in [0.5, 0.6) is 0 Å². The molecule has 2 aromatic rings. The van der Waals surface area contributed by atoms with Gasteiger partial charge in [0.15, 0.2) is 5.78 Å². The van der Waals surface area contributed by atoms with E-state index in [1.54, 1.807) is 7.05 Å². The summed E-state index contributed by atoms with van der Waals surface area (Å²) >= 11 is 0. The average molecular weight is 263 g/mol. The van der Waals surface area contributed by atoms with E-state index in [1.807, 2.05) is 0 Å². The SMILES string of the molecule is Cn1cnn(CCCC(=O)c2ccc(F)cc2)c1=O. The molecule has 0 N–H and O–H groups in total. The summed E-state index contributed by atoms with van der Waals surface area (Å²) in [5.41, 5.74) is 0.281. The fraction of sp³-hybridized carbons (Fsp3) is 0.308. The van der Waals surface area contributed by atoms with Gasteiger partial charge in [-0.05, 0) is 30.7 Å². The number of nitrogens with zero attached hydrogens (tertiary/aromatic N) is 3. The third kappa shape index (κ3) is 3.15. The first-order valence-electron chi connectivity index (χ1n) is 5.95. The molecule has 0 aliphatic carbocycles. The van der Waals surface area contributed by atoms with Crippen molar-refractivity contribution in [1.82, 2.24) is 14.3 Å². The summed E-state index contributed by atoms with van der Waals surface area (Å²) in [6.07, 6.45) is 2.26. The van der Waals surface area contributed by atoms with Crippen LogP contribution in [0.1, 0.15) is 23.2 Å². The van der Waals surface area contributed by atoms with Gasteiger partial charge in [-0.15, -0.1) is 0 Å². The molecule has 19 heavy (non-hydrogen) atoms. The van der Waals surface area contributed by atoms with Crippen molar-refractivity contribution in [1.29, 1.82) is 0 Å². The molecule has 0 aliphatic rings. The monoisotopic (exact) mass is 263 g/mol. The van der Waals surface area contributed by atoms with Crippen LogP contribution in [-0.2, 0) is 13.6 Å². The second kappa shape index (κ2) is 5.60. The number of Topliss-reactive ketones (excluding diaryl/α,β-unsaturated/α-hetero) is 1. The first-order chi connectivity index (χ1) is 9.08. The highest BCUT2D eigenvalue weighted by Crippen LogP contribution is 2.07. The number of hydrogen-bond acceptors (Lipinski definition) is 3. The Balaban J connectivity index is 1.89. The van der Waals surface area contributed by atoms with E-state index in [0.717, 1.165) is 0 Å². The molecule has 0 aliphatic heterocycles. The van der Waals surface area contributed by atoms with Crippen LogP contribution in [0.4, 0.5) is 4.39 Å². The van der Waals surface area contributed by atoms with Crippen molar-refractivity contribution < 1.29 is 9.18 Å². The van der Waals surface area contributed by atoms with Crippen LogP contribution in [0.3, 0.4) is 0 Å². The van der Waals surface area contributed by atoms with Gasteiger partial charge in [-0.2, -0.15) is 5.10 Å². The van der Waals surface area contributed by atoms with Crippen molar-refractivity contribution in [3.05, 3.63) is 52.5 Å². The van der Waals surface area contributed by atoms with E-state index in [4.69, 9.17) is 0 Å². The predicted molar refractivity (Wildman–Crippen MR) is 67.4 cm³/mol. The second-order valence-corrected chi connectivity index (χ2v) is 4.28. The molecule has 6 heteroatoms. The van der Waals surface area contributed by atoms with Gasteiger partial charge in [0.05, 0.1) is 0 Å². The number of carbonyl (C=O) groups is 1. The topological polar surface area (TPSA) is 56.9 Å². The summed E-state index contributed by atoms with van der Waals surface area (Å²) < 4.78 is 15.4. The summed E-state index contributed by atoms with van der Waals surface area (Å²) in [7, 11) is 1.62. The van der Waals surface area contributed by atoms with Crippen molar-refractivity contribution in [3.63, 3.8) is 0 Å². The maximum absolute atomic E-state index is 12.7. The van der Waals surface area contributed by atoms with Crippen molar-refractivity contribution in [2.75, 3.05) is 0 Å². The van der Waals surface area contributed by atoms with Gasteiger partial charge in [-0.1, -0.05) is 0 Å². The maximum atomic E-state index is 12.7. The first-order valence-corrected chi connectivity index (χ1v) is 5.95. The van der Waals surface area contributed by atoms with E-state index in [9.17, 15) is 14.0 Å². The van der Waals surface area contributed by atoms with Crippen LogP contribution in [0.2, 0.25) is 0 Å². The fourth-order valence-electron chi connectivity index (χ4n) is 1.74. The van der Waals surface area contributed by atoms with E-state index in [0.29, 0.717) is 24.9 Å². The number of halogens is 1. The zero-order valence-electron chi connectivity index (χ0n) is 10.5. The maximum Gasteiger partial charge on any atom is 0.345 e. The minimum atomic E-state index is -0.364. The lowest BCUT2D eigenvalue weighted by molar-refractivity contribution is 0.0978. The number of ketones is 1. The summed E-state index contributed by atoms with van der Waals surface area (Å²) in [5.74, 6) is -0.430. The summed E-state index contributed by atoms with van der Waals surface area (Å²) in [6.45, 7) is 0.395. The van der Waals surface area contributed by atoms with Gasteiger partial charge in [0.25, 0.3) is 0 Å². The molecule has 0 fully saturated rings. The van der Waals surface area contributed by atoms with Crippen molar-refractivity contribution >= 4 is 5.78 Å². The Morgan fingerprint density at radius 3 is 2.58 bits per heavy atom. The second-order valence-electron chi connectivity index (χ2n) is 4.28. The molecule has 0 radical (unpaired) electrons. The Hall–Kier alpha value is -2.24. The van der Waals surface area contributed by atoms with Crippen molar-refractivity contribution in [2.24, 2.45) is 7.05 Å². The summed E-state index contributed by atoms with van der Waals surface area (Å²) in [5, 5.41) is 3.90.